The van der Waals surface area contributed by atoms with E-state index >= 15 is 0 Å². The van der Waals surface area contributed by atoms with Gasteiger partial charge in [0.2, 0.25) is 0 Å². The van der Waals surface area contributed by atoms with Crippen LogP contribution in [0.15, 0.2) is 54.7 Å². The molecule has 0 aliphatic carbocycles. The van der Waals surface area contributed by atoms with Gasteiger partial charge in [-0.3, -0.25) is 0 Å². The fourth-order valence-corrected chi connectivity index (χ4v) is 2.82. The van der Waals surface area contributed by atoms with Crippen LogP contribution in [0.3, 0.4) is 0 Å². The summed E-state index contributed by atoms with van der Waals surface area (Å²) in [6.07, 6.45) is 1.13. The van der Waals surface area contributed by atoms with Crippen molar-refractivity contribution in [1.82, 2.24) is 9.88 Å². The first-order chi connectivity index (χ1) is 11.6. The van der Waals surface area contributed by atoms with Gasteiger partial charge in [0.15, 0.2) is 0 Å². The molecule has 0 aliphatic heterocycles. The third-order valence-corrected chi connectivity index (χ3v) is 4.14. The molecule has 2 amide bonds. The highest BCUT2D eigenvalue weighted by Gasteiger charge is 2.15. The van der Waals surface area contributed by atoms with Crippen molar-refractivity contribution in [2.75, 3.05) is 11.9 Å². The fourth-order valence-electron chi connectivity index (χ4n) is 2.82. The lowest BCUT2D eigenvalue weighted by Crippen LogP contribution is -2.32. The standard InChI is InChI=1S/C19H21N3O2/c1-13-7-3-5-9-16(13)21-19(24)20-11-18(23)15-12-22(2)17-10-6-4-8-14(15)17/h3-10,12,18,23H,11H2,1-2H3,(H2,20,21,24)/t18-/m1/s1. The van der Waals surface area contributed by atoms with Gasteiger partial charge in [-0.2, -0.15) is 0 Å². The average Bonchev–Trinajstić information content (AvgIpc) is 2.92. The quantitative estimate of drug-likeness (QED) is 0.689. The van der Waals surface area contributed by atoms with Gasteiger partial charge in [-0.05, 0) is 24.6 Å². The minimum absolute atomic E-state index is 0.145. The first kappa shape index (κ1) is 16.1. The van der Waals surface area contributed by atoms with Crippen LogP contribution in [0.5, 0.6) is 0 Å². The molecule has 3 aromatic rings. The number of aromatic nitrogens is 1. The number of nitrogens with one attached hydrogen (secondary N) is 2. The van der Waals surface area contributed by atoms with E-state index in [1.54, 1.807) is 0 Å². The number of aliphatic hydroxyl groups excluding tert-OH is 1. The van der Waals surface area contributed by atoms with Gasteiger partial charge in [0.05, 0.1) is 6.10 Å². The van der Waals surface area contributed by atoms with Crippen LogP contribution in [0.25, 0.3) is 10.9 Å². The van der Waals surface area contributed by atoms with E-state index in [1.165, 1.54) is 0 Å². The van der Waals surface area contributed by atoms with Crippen molar-refractivity contribution < 1.29 is 9.90 Å². The predicted octanol–water partition coefficient (Wildman–Crippen LogP) is 3.34. The molecule has 0 radical (unpaired) electrons. The van der Waals surface area contributed by atoms with Crippen LogP contribution in [0.1, 0.15) is 17.2 Å². The molecule has 0 fully saturated rings. The number of nitrogens with zero attached hydrogens (tertiary/aromatic N) is 1. The van der Waals surface area contributed by atoms with Gasteiger partial charge in [0.1, 0.15) is 0 Å². The second-order valence-electron chi connectivity index (χ2n) is 5.88. The molecule has 5 heteroatoms. The zero-order valence-electron chi connectivity index (χ0n) is 13.8. The van der Waals surface area contributed by atoms with Gasteiger partial charge in [-0.1, -0.05) is 36.4 Å². The molecule has 1 atom stereocenters. The molecule has 2 aromatic carbocycles. The van der Waals surface area contributed by atoms with Gasteiger partial charge in [0.25, 0.3) is 0 Å². The third-order valence-electron chi connectivity index (χ3n) is 4.14. The predicted molar refractivity (Wildman–Crippen MR) is 96.1 cm³/mol. The minimum Gasteiger partial charge on any atom is -0.386 e. The van der Waals surface area contributed by atoms with Crippen molar-refractivity contribution in [1.29, 1.82) is 0 Å². The van der Waals surface area contributed by atoms with Gasteiger partial charge in [-0.15, -0.1) is 0 Å². The van der Waals surface area contributed by atoms with Gasteiger partial charge >= 0.3 is 6.03 Å². The zero-order valence-corrected chi connectivity index (χ0v) is 13.8. The number of carbonyl (C=O) groups is 1. The third kappa shape index (κ3) is 3.26. The number of amides is 2. The van der Waals surface area contributed by atoms with Crippen LogP contribution in [0.4, 0.5) is 10.5 Å². The Hall–Kier alpha value is -2.79. The molecule has 0 saturated carbocycles. The summed E-state index contributed by atoms with van der Waals surface area (Å²) < 4.78 is 1.97. The lowest BCUT2D eigenvalue weighted by atomic mass is 10.1. The monoisotopic (exact) mass is 323 g/mol. The molecule has 3 rings (SSSR count). The maximum Gasteiger partial charge on any atom is 0.319 e. The van der Waals surface area contributed by atoms with Crippen molar-refractivity contribution in [3.63, 3.8) is 0 Å². The van der Waals surface area contributed by atoms with Crippen molar-refractivity contribution in [2.45, 2.75) is 13.0 Å². The van der Waals surface area contributed by atoms with E-state index in [0.717, 1.165) is 27.7 Å². The Labute approximate surface area is 140 Å². The highest BCUT2D eigenvalue weighted by atomic mass is 16.3. The second-order valence-corrected chi connectivity index (χ2v) is 5.88. The topological polar surface area (TPSA) is 66.3 Å². The number of hydrogen-bond donors (Lipinski definition) is 3. The smallest absolute Gasteiger partial charge is 0.319 e. The van der Waals surface area contributed by atoms with Crippen LogP contribution in [-0.4, -0.2) is 22.2 Å². The number of rotatable bonds is 4. The Kier molecular flexibility index (Phi) is 4.53. The van der Waals surface area contributed by atoms with E-state index in [0.29, 0.717) is 0 Å². The summed E-state index contributed by atoms with van der Waals surface area (Å²) in [7, 11) is 1.94. The largest absolute Gasteiger partial charge is 0.386 e. The first-order valence-electron chi connectivity index (χ1n) is 7.89. The summed E-state index contributed by atoms with van der Waals surface area (Å²) in [5, 5.41) is 17.0. The van der Waals surface area contributed by atoms with E-state index in [9.17, 15) is 9.90 Å². The lowest BCUT2D eigenvalue weighted by molar-refractivity contribution is 0.176. The zero-order chi connectivity index (χ0) is 17.1. The van der Waals surface area contributed by atoms with E-state index < -0.39 is 6.10 Å². The van der Waals surface area contributed by atoms with Gasteiger partial charge in [0, 0.05) is 41.9 Å². The maximum atomic E-state index is 12.0. The van der Waals surface area contributed by atoms with E-state index in [4.69, 9.17) is 0 Å². The molecule has 5 nitrogen and oxygen atoms in total. The normalized spacial score (nSPS) is 12.1. The Morgan fingerprint density at radius 2 is 1.88 bits per heavy atom. The number of aliphatic hydroxyl groups is 1. The molecule has 0 saturated heterocycles. The lowest BCUT2D eigenvalue weighted by Gasteiger charge is -2.13. The van der Waals surface area contributed by atoms with E-state index in [1.807, 2.05) is 73.3 Å². The summed E-state index contributed by atoms with van der Waals surface area (Å²) in [6, 6.07) is 15.1. The van der Waals surface area contributed by atoms with Crippen LogP contribution >= 0.6 is 0 Å². The Morgan fingerprint density at radius 1 is 1.17 bits per heavy atom. The Bertz CT molecular complexity index is 870. The van der Waals surface area contributed by atoms with Crippen LogP contribution in [-0.2, 0) is 7.05 Å². The SMILES string of the molecule is Cc1ccccc1NC(=O)NC[C@@H](O)c1cn(C)c2ccccc12. The average molecular weight is 323 g/mol. The number of fused-ring (bicyclic) bond motifs is 1. The molecule has 124 valence electrons. The fraction of sp³-hybridized carbons (Fsp3) is 0.211. The molecule has 0 aliphatic rings. The van der Waals surface area contributed by atoms with Crippen molar-refractivity contribution in [3.8, 4) is 0 Å². The summed E-state index contributed by atoms with van der Waals surface area (Å²) in [6.45, 7) is 2.08. The number of aryl methyl sites for hydroxylation is 2. The minimum atomic E-state index is -0.765. The number of benzene rings is 2. The Morgan fingerprint density at radius 3 is 2.67 bits per heavy atom. The van der Waals surface area contributed by atoms with Gasteiger partial charge < -0.3 is 20.3 Å². The molecule has 3 N–H and O–H groups in total. The number of hydrogen-bond acceptors (Lipinski definition) is 2. The molecular formula is C19H21N3O2. The summed E-state index contributed by atoms with van der Waals surface area (Å²) in [5.74, 6) is 0. The van der Waals surface area contributed by atoms with Crippen LogP contribution in [0, 0.1) is 6.92 Å². The van der Waals surface area contributed by atoms with E-state index in [-0.39, 0.29) is 12.6 Å². The highest BCUT2D eigenvalue weighted by molar-refractivity contribution is 5.90. The van der Waals surface area contributed by atoms with Crippen molar-refractivity contribution >= 4 is 22.6 Å². The van der Waals surface area contributed by atoms with Gasteiger partial charge in [-0.25, -0.2) is 4.79 Å². The first-order valence-corrected chi connectivity index (χ1v) is 7.89. The summed E-state index contributed by atoms with van der Waals surface area (Å²) >= 11 is 0. The van der Waals surface area contributed by atoms with E-state index in [2.05, 4.69) is 10.6 Å². The van der Waals surface area contributed by atoms with Crippen LogP contribution < -0.4 is 10.6 Å². The van der Waals surface area contributed by atoms with Crippen molar-refractivity contribution in [3.05, 3.63) is 65.9 Å². The molecule has 0 spiro atoms. The second kappa shape index (κ2) is 6.76. The molecular weight excluding hydrogens is 302 g/mol. The maximum absolute atomic E-state index is 12.0. The molecule has 24 heavy (non-hydrogen) atoms. The molecule has 0 bridgehead atoms. The molecule has 0 unspecified atom stereocenters. The molecule has 1 aromatic heterocycles. The Balaban J connectivity index is 1.65. The van der Waals surface area contributed by atoms with Crippen LogP contribution in [0.2, 0.25) is 0 Å². The van der Waals surface area contributed by atoms with Crippen molar-refractivity contribution in [2.24, 2.45) is 7.05 Å². The number of para-hydroxylation sites is 2. The number of anilines is 1. The highest BCUT2D eigenvalue weighted by Crippen LogP contribution is 2.25. The molecule has 1 heterocycles. The summed E-state index contributed by atoms with van der Waals surface area (Å²) in [5.41, 5.74) is 3.61. The number of urea groups is 1. The number of carbonyl (C=O) groups excluding carboxylic acids is 1. The summed E-state index contributed by atoms with van der Waals surface area (Å²) in [4.78, 5) is 12.0.